The van der Waals surface area contributed by atoms with Gasteiger partial charge in [-0.25, -0.2) is 9.37 Å². The molecule has 0 aliphatic rings. The molecule has 0 unspecified atom stereocenters. The van der Waals surface area contributed by atoms with E-state index >= 15 is 0 Å². The van der Waals surface area contributed by atoms with E-state index in [-0.39, 0.29) is 11.4 Å². The molecule has 0 saturated carbocycles. The highest BCUT2D eigenvalue weighted by molar-refractivity contribution is 7.15. The number of nitrogens with one attached hydrogen (secondary N) is 1. The summed E-state index contributed by atoms with van der Waals surface area (Å²) in [6, 6.07) is 4.57. The van der Waals surface area contributed by atoms with Gasteiger partial charge in [-0.1, -0.05) is 18.5 Å². The van der Waals surface area contributed by atoms with Gasteiger partial charge in [0.05, 0.1) is 5.69 Å². The molecular weight excluding hydrogens is 307 g/mol. The van der Waals surface area contributed by atoms with E-state index in [0.29, 0.717) is 15.6 Å². The molecule has 2 nitrogen and oxygen atoms in total. The smallest absolute Gasteiger partial charge is 0.133 e. The zero-order valence-corrected chi connectivity index (χ0v) is 14.3. The Bertz CT molecular complexity index is 632. The monoisotopic (exact) mass is 326 g/mol. The van der Waals surface area contributed by atoms with Gasteiger partial charge in [0.25, 0.3) is 0 Å². The number of halogens is 2. The van der Waals surface area contributed by atoms with Gasteiger partial charge in [-0.15, -0.1) is 11.3 Å². The zero-order chi connectivity index (χ0) is 15.6. The maximum atomic E-state index is 14.0. The van der Waals surface area contributed by atoms with Crippen molar-refractivity contribution in [2.45, 2.75) is 46.2 Å². The standard InChI is InChI=1S/C16H20ClFN2S/c1-5-13-14(9-19-16(2,3)4)21-15(20-13)11-8-10(17)6-7-12(11)18/h6-8,19H,5,9H2,1-4H3. The van der Waals surface area contributed by atoms with Crippen LogP contribution in [-0.4, -0.2) is 10.5 Å². The molecule has 1 heterocycles. The molecule has 21 heavy (non-hydrogen) atoms. The number of rotatable bonds is 4. The SMILES string of the molecule is CCc1nc(-c2cc(Cl)ccc2F)sc1CNC(C)(C)C. The molecule has 0 amide bonds. The van der Waals surface area contributed by atoms with E-state index in [1.807, 2.05) is 0 Å². The number of hydrogen-bond donors (Lipinski definition) is 1. The minimum atomic E-state index is -0.286. The fraction of sp³-hybridized carbons (Fsp3) is 0.438. The molecule has 0 radical (unpaired) electrons. The van der Waals surface area contributed by atoms with Crippen LogP contribution in [0, 0.1) is 5.82 Å². The van der Waals surface area contributed by atoms with Gasteiger partial charge in [-0.3, -0.25) is 0 Å². The molecule has 0 aliphatic heterocycles. The molecule has 0 aliphatic carbocycles. The molecular formula is C16H20ClFN2S. The van der Waals surface area contributed by atoms with Crippen LogP contribution in [0.2, 0.25) is 5.02 Å². The van der Waals surface area contributed by atoms with Gasteiger partial charge in [-0.05, 0) is 45.4 Å². The van der Waals surface area contributed by atoms with Crippen LogP contribution in [0.1, 0.15) is 38.3 Å². The average molecular weight is 327 g/mol. The van der Waals surface area contributed by atoms with Gasteiger partial charge in [0, 0.05) is 27.5 Å². The minimum Gasteiger partial charge on any atom is -0.307 e. The molecule has 0 atom stereocenters. The van der Waals surface area contributed by atoms with Crippen LogP contribution in [-0.2, 0) is 13.0 Å². The van der Waals surface area contributed by atoms with Gasteiger partial charge in [0.1, 0.15) is 10.8 Å². The Morgan fingerprint density at radius 2 is 2.05 bits per heavy atom. The summed E-state index contributed by atoms with van der Waals surface area (Å²) in [6.07, 6.45) is 0.833. The summed E-state index contributed by atoms with van der Waals surface area (Å²) in [5.41, 5.74) is 1.53. The maximum Gasteiger partial charge on any atom is 0.133 e. The lowest BCUT2D eigenvalue weighted by molar-refractivity contribution is 0.425. The highest BCUT2D eigenvalue weighted by Crippen LogP contribution is 2.32. The summed E-state index contributed by atoms with van der Waals surface area (Å²) < 4.78 is 14.0. The van der Waals surface area contributed by atoms with Crippen LogP contribution in [0.3, 0.4) is 0 Å². The summed E-state index contributed by atoms with van der Waals surface area (Å²) in [7, 11) is 0. The van der Waals surface area contributed by atoms with Crippen LogP contribution < -0.4 is 5.32 Å². The highest BCUT2D eigenvalue weighted by atomic mass is 35.5. The molecule has 2 aromatic rings. The van der Waals surface area contributed by atoms with Crippen molar-refractivity contribution in [2.24, 2.45) is 0 Å². The van der Waals surface area contributed by atoms with Crippen molar-refractivity contribution in [3.63, 3.8) is 0 Å². The number of hydrogen-bond acceptors (Lipinski definition) is 3. The number of benzene rings is 1. The van der Waals surface area contributed by atoms with Crippen molar-refractivity contribution in [2.75, 3.05) is 0 Å². The largest absolute Gasteiger partial charge is 0.307 e. The molecule has 1 aromatic heterocycles. The van der Waals surface area contributed by atoms with E-state index in [1.54, 1.807) is 12.1 Å². The van der Waals surface area contributed by atoms with E-state index in [2.05, 4.69) is 38.0 Å². The van der Waals surface area contributed by atoms with Crippen molar-refractivity contribution >= 4 is 22.9 Å². The lowest BCUT2D eigenvalue weighted by Gasteiger charge is -2.20. The lowest BCUT2D eigenvalue weighted by atomic mass is 10.1. The van der Waals surface area contributed by atoms with Crippen molar-refractivity contribution < 1.29 is 4.39 Å². The van der Waals surface area contributed by atoms with E-state index < -0.39 is 0 Å². The molecule has 2 rings (SSSR count). The summed E-state index contributed by atoms with van der Waals surface area (Å²) in [4.78, 5) is 5.74. The van der Waals surface area contributed by atoms with Crippen LogP contribution >= 0.6 is 22.9 Å². The Kier molecular flexibility index (Phi) is 5.02. The Hall–Kier alpha value is -0.970. The van der Waals surface area contributed by atoms with Crippen molar-refractivity contribution in [1.82, 2.24) is 10.3 Å². The Morgan fingerprint density at radius 3 is 2.67 bits per heavy atom. The first-order chi connectivity index (χ1) is 9.80. The molecule has 0 fully saturated rings. The van der Waals surface area contributed by atoms with Gasteiger partial charge >= 0.3 is 0 Å². The summed E-state index contributed by atoms with van der Waals surface area (Å²) in [5, 5.41) is 4.67. The molecule has 5 heteroatoms. The molecule has 114 valence electrons. The zero-order valence-electron chi connectivity index (χ0n) is 12.8. The maximum absolute atomic E-state index is 14.0. The highest BCUT2D eigenvalue weighted by Gasteiger charge is 2.16. The number of aryl methyl sites for hydroxylation is 1. The molecule has 1 aromatic carbocycles. The summed E-state index contributed by atoms with van der Waals surface area (Å²) in [5.74, 6) is -0.286. The number of nitrogens with zero attached hydrogens (tertiary/aromatic N) is 1. The number of thiazole rings is 1. The predicted molar refractivity (Wildman–Crippen MR) is 88.5 cm³/mol. The van der Waals surface area contributed by atoms with Crippen LogP contribution in [0.15, 0.2) is 18.2 Å². The Balaban J connectivity index is 2.34. The quantitative estimate of drug-likeness (QED) is 0.850. The molecule has 0 saturated heterocycles. The van der Waals surface area contributed by atoms with Gasteiger partial charge in [0.2, 0.25) is 0 Å². The fourth-order valence-corrected chi connectivity index (χ4v) is 3.20. The first kappa shape index (κ1) is 16.4. The lowest BCUT2D eigenvalue weighted by Crippen LogP contribution is -2.35. The predicted octanol–water partition coefficient (Wildman–Crippen LogP) is 5.05. The molecule has 0 spiro atoms. The second-order valence-electron chi connectivity index (χ2n) is 5.97. The van der Waals surface area contributed by atoms with Crippen molar-refractivity contribution in [3.8, 4) is 10.6 Å². The third kappa shape index (κ3) is 4.25. The van der Waals surface area contributed by atoms with E-state index in [0.717, 1.165) is 23.5 Å². The third-order valence-corrected chi connectivity index (χ3v) is 4.42. The third-order valence-electron chi connectivity index (χ3n) is 3.05. The molecule has 1 N–H and O–H groups in total. The average Bonchev–Trinajstić information content (AvgIpc) is 2.81. The topological polar surface area (TPSA) is 24.9 Å². The van der Waals surface area contributed by atoms with E-state index in [4.69, 9.17) is 11.6 Å². The van der Waals surface area contributed by atoms with Crippen molar-refractivity contribution in [1.29, 1.82) is 0 Å². The van der Waals surface area contributed by atoms with Gasteiger partial charge in [0.15, 0.2) is 0 Å². The van der Waals surface area contributed by atoms with Crippen LogP contribution in [0.5, 0.6) is 0 Å². The Morgan fingerprint density at radius 1 is 1.33 bits per heavy atom. The van der Waals surface area contributed by atoms with Gasteiger partial charge in [-0.2, -0.15) is 0 Å². The minimum absolute atomic E-state index is 0.0382. The fourth-order valence-electron chi connectivity index (χ4n) is 1.92. The normalized spacial score (nSPS) is 11.9. The summed E-state index contributed by atoms with van der Waals surface area (Å²) >= 11 is 7.49. The molecule has 0 bridgehead atoms. The second-order valence-corrected chi connectivity index (χ2v) is 7.49. The van der Waals surface area contributed by atoms with E-state index in [1.165, 1.54) is 17.4 Å². The van der Waals surface area contributed by atoms with E-state index in [9.17, 15) is 4.39 Å². The first-order valence-corrected chi connectivity index (χ1v) is 8.18. The number of aromatic nitrogens is 1. The Labute approximate surface area is 134 Å². The van der Waals surface area contributed by atoms with Crippen molar-refractivity contribution in [3.05, 3.63) is 39.6 Å². The van der Waals surface area contributed by atoms with Crippen LogP contribution in [0.25, 0.3) is 10.6 Å². The van der Waals surface area contributed by atoms with Crippen LogP contribution in [0.4, 0.5) is 4.39 Å². The summed E-state index contributed by atoms with van der Waals surface area (Å²) in [6.45, 7) is 9.17. The first-order valence-electron chi connectivity index (χ1n) is 6.99. The second kappa shape index (κ2) is 6.42. The van der Waals surface area contributed by atoms with Gasteiger partial charge < -0.3 is 5.32 Å².